The van der Waals surface area contributed by atoms with Gasteiger partial charge in [0.05, 0.1) is 12.7 Å². The van der Waals surface area contributed by atoms with Crippen molar-refractivity contribution in [1.29, 1.82) is 0 Å². The van der Waals surface area contributed by atoms with Gasteiger partial charge < -0.3 is 10.6 Å². The Morgan fingerprint density at radius 1 is 1.42 bits per heavy atom. The minimum atomic E-state index is 0.523. The molecule has 19 heavy (non-hydrogen) atoms. The maximum Gasteiger partial charge on any atom is 0.224 e. The number of thiophene rings is 1. The van der Waals surface area contributed by atoms with Crippen LogP contribution in [-0.4, -0.2) is 16.5 Å². The molecule has 2 heterocycles. The lowest BCUT2D eigenvalue weighted by molar-refractivity contribution is 0.950. The van der Waals surface area contributed by atoms with Gasteiger partial charge >= 0.3 is 0 Å². The predicted molar refractivity (Wildman–Crippen MR) is 85.2 cm³/mol. The molecule has 0 bridgehead atoms. The first-order valence-corrected chi connectivity index (χ1v) is 7.98. The number of halogens is 2. The van der Waals surface area contributed by atoms with Crippen LogP contribution in [0.15, 0.2) is 22.1 Å². The maximum atomic E-state index is 6.09. The summed E-state index contributed by atoms with van der Waals surface area (Å²) in [6, 6.07) is 2.03. The minimum absolute atomic E-state index is 0.523. The third kappa shape index (κ3) is 4.06. The third-order valence-electron chi connectivity index (χ3n) is 2.38. The van der Waals surface area contributed by atoms with Crippen molar-refractivity contribution in [2.75, 3.05) is 17.2 Å². The quantitative estimate of drug-likeness (QED) is 0.801. The van der Waals surface area contributed by atoms with Gasteiger partial charge in [-0.2, -0.15) is 4.98 Å². The van der Waals surface area contributed by atoms with Gasteiger partial charge in [0, 0.05) is 15.9 Å². The molecule has 4 nitrogen and oxygen atoms in total. The number of nitrogens with one attached hydrogen (secondary N) is 2. The molecule has 0 radical (unpaired) electrons. The Bertz CT molecular complexity index is 546. The first-order valence-electron chi connectivity index (χ1n) is 5.93. The highest BCUT2D eigenvalue weighted by Gasteiger charge is 2.07. The van der Waals surface area contributed by atoms with Crippen molar-refractivity contribution in [2.24, 2.45) is 0 Å². The lowest BCUT2D eigenvalue weighted by Gasteiger charge is -2.09. The molecule has 0 aliphatic rings. The Hall–Kier alpha value is -0.850. The van der Waals surface area contributed by atoms with Gasteiger partial charge in [0.1, 0.15) is 5.02 Å². The topological polar surface area (TPSA) is 49.8 Å². The largest absolute Gasteiger partial charge is 0.364 e. The zero-order valence-corrected chi connectivity index (χ0v) is 13.6. The van der Waals surface area contributed by atoms with Crippen molar-refractivity contribution in [1.82, 2.24) is 9.97 Å². The molecule has 2 aromatic rings. The van der Waals surface area contributed by atoms with Crippen LogP contribution in [0.4, 0.5) is 11.8 Å². The third-order valence-corrected chi connectivity index (χ3v) is 4.59. The van der Waals surface area contributed by atoms with Gasteiger partial charge in [-0.15, -0.1) is 11.3 Å². The molecule has 2 rings (SSSR count). The lowest BCUT2D eigenvalue weighted by atomic mass is 10.4. The monoisotopic (exact) mass is 360 g/mol. The van der Waals surface area contributed by atoms with E-state index >= 15 is 0 Å². The van der Waals surface area contributed by atoms with Crippen LogP contribution < -0.4 is 10.6 Å². The van der Waals surface area contributed by atoms with Crippen LogP contribution in [0.3, 0.4) is 0 Å². The Balaban J connectivity index is 2.04. The summed E-state index contributed by atoms with van der Waals surface area (Å²) in [5.74, 6) is 1.24. The minimum Gasteiger partial charge on any atom is -0.364 e. The van der Waals surface area contributed by atoms with E-state index in [1.54, 1.807) is 17.5 Å². The van der Waals surface area contributed by atoms with Gasteiger partial charge in [0.2, 0.25) is 5.95 Å². The smallest absolute Gasteiger partial charge is 0.224 e. The molecule has 0 aliphatic carbocycles. The van der Waals surface area contributed by atoms with Gasteiger partial charge in [-0.3, -0.25) is 0 Å². The van der Waals surface area contributed by atoms with Gasteiger partial charge in [0.15, 0.2) is 5.82 Å². The second-order valence-corrected chi connectivity index (χ2v) is 6.12. The average Bonchev–Trinajstić information content (AvgIpc) is 2.82. The van der Waals surface area contributed by atoms with Gasteiger partial charge in [-0.25, -0.2) is 4.98 Å². The molecule has 0 saturated heterocycles. The standard InChI is InChI=1S/C12H14BrClN4S/c1-2-4-15-12-17-6-9(14)11(18-12)16-7-10-8(13)3-5-19-10/h3,5-6H,2,4,7H2,1H3,(H2,15,16,17,18). The first kappa shape index (κ1) is 14.6. The van der Waals surface area contributed by atoms with Crippen molar-refractivity contribution in [3.05, 3.63) is 32.0 Å². The van der Waals surface area contributed by atoms with Crippen LogP contribution in [0.25, 0.3) is 0 Å². The van der Waals surface area contributed by atoms with Crippen LogP contribution >= 0.6 is 38.9 Å². The normalized spacial score (nSPS) is 10.5. The van der Waals surface area contributed by atoms with E-state index in [0.29, 0.717) is 23.3 Å². The maximum absolute atomic E-state index is 6.09. The van der Waals surface area contributed by atoms with E-state index in [-0.39, 0.29) is 0 Å². The summed E-state index contributed by atoms with van der Waals surface area (Å²) in [6.45, 7) is 3.62. The fourth-order valence-electron chi connectivity index (χ4n) is 1.43. The van der Waals surface area contributed by atoms with E-state index in [2.05, 4.69) is 43.5 Å². The van der Waals surface area contributed by atoms with Crippen LogP contribution in [-0.2, 0) is 6.54 Å². The van der Waals surface area contributed by atoms with E-state index in [1.165, 1.54) is 4.88 Å². The molecule has 0 amide bonds. The summed E-state index contributed by atoms with van der Waals surface area (Å²) >= 11 is 11.3. The van der Waals surface area contributed by atoms with Gasteiger partial charge in [0.25, 0.3) is 0 Å². The van der Waals surface area contributed by atoms with Crippen molar-refractivity contribution < 1.29 is 0 Å². The van der Waals surface area contributed by atoms with E-state index in [4.69, 9.17) is 11.6 Å². The number of aromatic nitrogens is 2. The molecule has 0 fully saturated rings. The summed E-state index contributed by atoms with van der Waals surface area (Å²) in [7, 11) is 0. The van der Waals surface area contributed by atoms with Crippen LogP contribution in [0, 0.1) is 0 Å². The predicted octanol–water partition coefficient (Wildman–Crippen LogP) is 4.39. The van der Waals surface area contributed by atoms with Gasteiger partial charge in [-0.1, -0.05) is 18.5 Å². The number of hydrogen-bond acceptors (Lipinski definition) is 5. The number of nitrogens with zero attached hydrogens (tertiary/aromatic N) is 2. The van der Waals surface area contributed by atoms with E-state index in [1.807, 2.05) is 11.4 Å². The molecule has 0 spiro atoms. The van der Waals surface area contributed by atoms with Crippen LogP contribution in [0.2, 0.25) is 5.02 Å². The molecule has 0 aliphatic heterocycles. The van der Waals surface area contributed by atoms with E-state index in [0.717, 1.165) is 17.4 Å². The molecule has 0 atom stereocenters. The highest BCUT2D eigenvalue weighted by molar-refractivity contribution is 9.10. The summed E-state index contributed by atoms with van der Waals surface area (Å²) < 4.78 is 1.10. The number of anilines is 2. The highest BCUT2D eigenvalue weighted by Crippen LogP contribution is 2.25. The molecule has 2 N–H and O–H groups in total. The molecule has 2 aromatic heterocycles. The average molecular weight is 362 g/mol. The lowest BCUT2D eigenvalue weighted by Crippen LogP contribution is -2.07. The zero-order valence-electron chi connectivity index (χ0n) is 10.4. The summed E-state index contributed by atoms with van der Waals surface area (Å²) in [4.78, 5) is 9.71. The Kier molecular flexibility index (Phi) is 5.42. The second kappa shape index (κ2) is 7.07. The summed E-state index contributed by atoms with van der Waals surface area (Å²) in [5.41, 5.74) is 0. The molecular formula is C12H14BrClN4S. The highest BCUT2D eigenvalue weighted by atomic mass is 79.9. The first-order chi connectivity index (χ1) is 9.20. The van der Waals surface area contributed by atoms with Crippen molar-refractivity contribution in [3.63, 3.8) is 0 Å². The van der Waals surface area contributed by atoms with Crippen molar-refractivity contribution in [3.8, 4) is 0 Å². The van der Waals surface area contributed by atoms with E-state index in [9.17, 15) is 0 Å². The fourth-order valence-corrected chi connectivity index (χ4v) is 3.02. The van der Waals surface area contributed by atoms with E-state index < -0.39 is 0 Å². The molecule has 7 heteroatoms. The zero-order chi connectivity index (χ0) is 13.7. The number of rotatable bonds is 6. The fraction of sp³-hybridized carbons (Fsp3) is 0.333. The molecule has 102 valence electrons. The van der Waals surface area contributed by atoms with Crippen LogP contribution in [0.1, 0.15) is 18.2 Å². The molecule has 0 saturated carbocycles. The number of hydrogen-bond donors (Lipinski definition) is 2. The summed E-state index contributed by atoms with van der Waals surface area (Å²) in [5, 5.41) is 8.93. The van der Waals surface area contributed by atoms with Gasteiger partial charge in [-0.05, 0) is 33.8 Å². The molecule has 0 aromatic carbocycles. The Labute approximate surface area is 129 Å². The Morgan fingerprint density at radius 2 is 2.26 bits per heavy atom. The van der Waals surface area contributed by atoms with Crippen molar-refractivity contribution in [2.45, 2.75) is 19.9 Å². The summed E-state index contributed by atoms with van der Waals surface area (Å²) in [6.07, 6.45) is 2.63. The van der Waals surface area contributed by atoms with Crippen LogP contribution in [0.5, 0.6) is 0 Å². The molecule has 0 unspecified atom stereocenters. The SMILES string of the molecule is CCCNc1ncc(Cl)c(NCc2sccc2Br)n1. The molecular weight excluding hydrogens is 348 g/mol. The Morgan fingerprint density at radius 3 is 2.95 bits per heavy atom. The second-order valence-electron chi connectivity index (χ2n) is 3.86. The van der Waals surface area contributed by atoms with Crippen molar-refractivity contribution >= 4 is 50.6 Å².